The fourth-order valence-electron chi connectivity index (χ4n) is 4.00. The van der Waals surface area contributed by atoms with Gasteiger partial charge in [0.25, 0.3) is 11.8 Å². The molecule has 4 aromatic carbocycles. The van der Waals surface area contributed by atoms with Gasteiger partial charge in [-0.2, -0.15) is 0 Å². The van der Waals surface area contributed by atoms with Crippen molar-refractivity contribution in [3.63, 3.8) is 0 Å². The molecule has 4 rings (SSSR count). The Bertz CT molecular complexity index is 1480. The van der Waals surface area contributed by atoms with Crippen LogP contribution in [0.15, 0.2) is 103 Å². The summed E-state index contributed by atoms with van der Waals surface area (Å²) in [7, 11) is 0. The molecule has 2 amide bonds. The van der Waals surface area contributed by atoms with Crippen LogP contribution in [-0.4, -0.2) is 23.5 Å². The van der Waals surface area contributed by atoms with Crippen molar-refractivity contribution in [1.29, 1.82) is 0 Å². The number of hydrogen-bond acceptors (Lipinski definition) is 4. The summed E-state index contributed by atoms with van der Waals surface area (Å²) >= 11 is 5.36. The zero-order valence-corrected chi connectivity index (χ0v) is 23.7. The molecule has 0 atom stereocenters. The van der Waals surface area contributed by atoms with Crippen molar-refractivity contribution in [2.75, 3.05) is 17.2 Å². The molecule has 0 aromatic heterocycles. The average Bonchev–Trinajstić information content (AvgIpc) is 2.93. The molecule has 40 heavy (non-hydrogen) atoms. The van der Waals surface area contributed by atoms with Gasteiger partial charge in [0, 0.05) is 28.9 Å². The number of benzene rings is 4. The van der Waals surface area contributed by atoms with Crippen LogP contribution >= 0.6 is 12.2 Å². The van der Waals surface area contributed by atoms with E-state index in [9.17, 15) is 9.59 Å². The summed E-state index contributed by atoms with van der Waals surface area (Å²) in [5.41, 5.74) is 4.59. The molecular weight excluding hydrogens is 518 g/mol. The summed E-state index contributed by atoms with van der Waals surface area (Å²) in [6.07, 6.45) is 0.772. The first kappa shape index (κ1) is 28.5. The van der Waals surface area contributed by atoms with Crippen LogP contribution in [0.25, 0.3) is 0 Å². The van der Waals surface area contributed by atoms with Crippen molar-refractivity contribution in [3.8, 4) is 5.75 Å². The van der Waals surface area contributed by atoms with E-state index in [1.54, 1.807) is 42.5 Å². The van der Waals surface area contributed by atoms with Crippen molar-refractivity contribution < 1.29 is 14.3 Å². The highest BCUT2D eigenvalue weighted by molar-refractivity contribution is 7.80. The first-order valence-electron chi connectivity index (χ1n) is 13.1. The molecule has 0 aliphatic rings. The first-order chi connectivity index (χ1) is 19.2. The van der Waals surface area contributed by atoms with Crippen LogP contribution in [0, 0.1) is 0 Å². The van der Waals surface area contributed by atoms with E-state index in [1.807, 2.05) is 48.5 Å². The largest absolute Gasteiger partial charge is 0.493 e. The Hall–Kier alpha value is -4.49. The lowest BCUT2D eigenvalue weighted by atomic mass is 9.87. The van der Waals surface area contributed by atoms with Crippen LogP contribution in [0.1, 0.15) is 52.6 Å². The van der Waals surface area contributed by atoms with Gasteiger partial charge in [-0.25, -0.2) is 0 Å². The van der Waals surface area contributed by atoms with E-state index in [0.717, 1.165) is 12.0 Å². The minimum Gasteiger partial charge on any atom is -0.493 e. The van der Waals surface area contributed by atoms with E-state index in [2.05, 4.69) is 48.9 Å². The topological polar surface area (TPSA) is 79.5 Å². The van der Waals surface area contributed by atoms with E-state index in [-0.39, 0.29) is 22.3 Å². The lowest BCUT2D eigenvalue weighted by Crippen LogP contribution is -2.34. The van der Waals surface area contributed by atoms with Crippen molar-refractivity contribution >= 4 is 40.5 Å². The van der Waals surface area contributed by atoms with Crippen LogP contribution in [0.4, 0.5) is 11.4 Å². The van der Waals surface area contributed by atoms with E-state index >= 15 is 0 Å². The Morgan fingerprint density at radius 1 is 0.725 bits per heavy atom. The smallest absolute Gasteiger partial charge is 0.257 e. The molecule has 0 heterocycles. The third kappa shape index (κ3) is 8.25. The monoisotopic (exact) mass is 551 g/mol. The Kier molecular flexibility index (Phi) is 9.30. The highest BCUT2D eigenvalue weighted by atomic mass is 32.1. The molecule has 4 aromatic rings. The van der Waals surface area contributed by atoms with Crippen LogP contribution < -0.4 is 20.7 Å². The van der Waals surface area contributed by atoms with Gasteiger partial charge in [0.05, 0.1) is 6.61 Å². The predicted octanol–water partition coefficient (Wildman–Crippen LogP) is 6.98. The minimum atomic E-state index is -0.353. The van der Waals surface area contributed by atoms with Crippen LogP contribution in [0.3, 0.4) is 0 Å². The zero-order chi connectivity index (χ0) is 28.5. The highest BCUT2D eigenvalue weighted by Gasteiger charge is 2.15. The van der Waals surface area contributed by atoms with E-state index < -0.39 is 0 Å². The highest BCUT2D eigenvalue weighted by Crippen LogP contribution is 2.23. The summed E-state index contributed by atoms with van der Waals surface area (Å²) in [5, 5.41) is 8.75. The Labute approximate surface area is 240 Å². The van der Waals surface area contributed by atoms with Crippen LogP contribution in [0.2, 0.25) is 0 Å². The molecule has 0 radical (unpaired) electrons. The van der Waals surface area contributed by atoms with Gasteiger partial charge in [-0.15, -0.1) is 0 Å². The number of amides is 2. The zero-order valence-electron chi connectivity index (χ0n) is 22.9. The number of carbonyl (C=O) groups is 2. The third-order valence-electron chi connectivity index (χ3n) is 6.22. The molecule has 0 bridgehead atoms. The molecule has 204 valence electrons. The maximum absolute atomic E-state index is 12.8. The fourth-order valence-corrected chi connectivity index (χ4v) is 4.21. The molecule has 6 nitrogen and oxygen atoms in total. The van der Waals surface area contributed by atoms with Crippen molar-refractivity contribution in [2.24, 2.45) is 0 Å². The maximum Gasteiger partial charge on any atom is 0.257 e. The maximum atomic E-state index is 12.8. The second kappa shape index (κ2) is 13.0. The summed E-state index contributed by atoms with van der Waals surface area (Å²) in [4.78, 5) is 25.5. The van der Waals surface area contributed by atoms with Crippen LogP contribution in [-0.2, 0) is 11.8 Å². The van der Waals surface area contributed by atoms with Gasteiger partial charge < -0.3 is 15.4 Å². The number of hydrogen-bond donors (Lipinski definition) is 3. The standard InChI is InChI=1S/C33H33N3O3S/c1-33(2,3)26-17-15-24(16-18-26)30(37)34-27-12-8-13-28(22-27)35-32(40)36-31(38)25-11-7-14-29(21-25)39-20-19-23-9-5-4-6-10-23/h4-18,21-22H,19-20H2,1-3H3,(H,34,37)(H2,35,36,38,40). The molecule has 0 aliphatic carbocycles. The molecule has 7 heteroatoms. The summed E-state index contributed by atoms with van der Waals surface area (Å²) in [5.74, 6) is 0.0486. The Morgan fingerprint density at radius 2 is 1.40 bits per heavy atom. The summed E-state index contributed by atoms with van der Waals surface area (Å²) in [6.45, 7) is 6.90. The van der Waals surface area contributed by atoms with E-state index in [4.69, 9.17) is 17.0 Å². The number of carbonyl (C=O) groups excluding carboxylic acids is 2. The van der Waals surface area contributed by atoms with E-state index in [0.29, 0.717) is 34.9 Å². The second-order valence-electron chi connectivity index (χ2n) is 10.4. The van der Waals surface area contributed by atoms with Gasteiger partial charge >= 0.3 is 0 Å². The molecule has 3 N–H and O–H groups in total. The van der Waals surface area contributed by atoms with Gasteiger partial charge in [0.15, 0.2) is 5.11 Å². The summed E-state index contributed by atoms with van der Waals surface area (Å²) in [6, 6.07) is 31.8. The average molecular weight is 552 g/mol. The molecule has 0 fully saturated rings. The lowest BCUT2D eigenvalue weighted by Gasteiger charge is -2.19. The second-order valence-corrected chi connectivity index (χ2v) is 10.8. The molecule has 0 aliphatic heterocycles. The minimum absolute atomic E-state index is 0.0158. The number of rotatable bonds is 8. The normalized spacial score (nSPS) is 10.9. The first-order valence-corrected chi connectivity index (χ1v) is 13.5. The van der Waals surface area contributed by atoms with Gasteiger partial charge in [-0.3, -0.25) is 14.9 Å². The van der Waals surface area contributed by atoms with Gasteiger partial charge in [-0.05, 0) is 77.3 Å². The van der Waals surface area contributed by atoms with Gasteiger partial charge in [0.1, 0.15) is 5.75 Å². The quantitative estimate of drug-likeness (QED) is 0.206. The lowest BCUT2D eigenvalue weighted by molar-refractivity contribution is 0.0976. The Morgan fingerprint density at radius 3 is 2.10 bits per heavy atom. The SMILES string of the molecule is CC(C)(C)c1ccc(C(=O)Nc2cccc(NC(=S)NC(=O)c3cccc(OCCc4ccccc4)c3)c2)cc1. The molecule has 0 spiro atoms. The number of anilines is 2. The van der Waals surface area contributed by atoms with Crippen molar-refractivity contribution in [1.82, 2.24) is 5.32 Å². The molecule has 0 saturated carbocycles. The molecule has 0 unspecified atom stereocenters. The van der Waals surface area contributed by atoms with Crippen molar-refractivity contribution in [2.45, 2.75) is 32.6 Å². The number of nitrogens with one attached hydrogen (secondary N) is 3. The van der Waals surface area contributed by atoms with E-state index in [1.165, 1.54) is 5.56 Å². The van der Waals surface area contributed by atoms with Gasteiger partial charge in [-0.1, -0.05) is 75.4 Å². The molecule has 0 saturated heterocycles. The third-order valence-corrected chi connectivity index (χ3v) is 6.42. The van der Waals surface area contributed by atoms with Gasteiger partial charge in [0.2, 0.25) is 0 Å². The summed E-state index contributed by atoms with van der Waals surface area (Å²) < 4.78 is 5.84. The molecular formula is C33H33N3O3S. The number of thiocarbonyl (C=S) groups is 1. The Balaban J connectivity index is 1.30. The van der Waals surface area contributed by atoms with Crippen LogP contribution in [0.5, 0.6) is 5.75 Å². The van der Waals surface area contributed by atoms with Crippen molar-refractivity contribution in [3.05, 3.63) is 125 Å². The number of ether oxygens (including phenoxy) is 1. The fraction of sp³-hybridized carbons (Fsp3) is 0.182. The predicted molar refractivity (Wildman–Crippen MR) is 165 cm³/mol.